The van der Waals surface area contributed by atoms with E-state index in [-0.39, 0.29) is 12.2 Å². The summed E-state index contributed by atoms with van der Waals surface area (Å²) in [5.41, 5.74) is 3.14. The number of unbranched alkanes of at least 4 members (excludes halogenated alkanes) is 2. The number of Topliss-reactive ketones (excluding diaryl/α,β-unsaturated/α-hetero) is 1. The third-order valence-electron chi connectivity index (χ3n) is 3.90. The summed E-state index contributed by atoms with van der Waals surface area (Å²) in [4.78, 5) is 22.5. The number of nitrogens with one attached hydrogen (secondary N) is 2. The normalized spacial score (nSPS) is 13.3. The Kier molecular flexibility index (Phi) is 6.40. The average molecular weight is 304 g/mol. The van der Waals surface area contributed by atoms with Crippen LogP contribution in [0.3, 0.4) is 0 Å². The number of ketones is 1. The minimum absolute atomic E-state index is 0.110. The number of anilines is 1. The number of aliphatic carboxylic acids is 1. The number of carboxylic acid groups (broad SMARTS) is 1. The van der Waals surface area contributed by atoms with Crippen LogP contribution in [0, 0.1) is 0 Å². The molecule has 0 amide bonds. The highest BCUT2D eigenvalue weighted by atomic mass is 16.4. The van der Waals surface area contributed by atoms with Crippen LogP contribution in [0.2, 0.25) is 0 Å². The number of carbonyl (C=O) groups is 2. The van der Waals surface area contributed by atoms with Gasteiger partial charge in [-0.3, -0.25) is 9.59 Å². The Morgan fingerprint density at radius 2 is 2.09 bits per heavy atom. The zero-order chi connectivity index (χ0) is 15.8. The van der Waals surface area contributed by atoms with Gasteiger partial charge in [0.05, 0.1) is 6.54 Å². The van der Waals surface area contributed by atoms with Gasteiger partial charge in [-0.15, -0.1) is 0 Å². The van der Waals surface area contributed by atoms with E-state index in [1.807, 2.05) is 18.2 Å². The van der Waals surface area contributed by atoms with Gasteiger partial charge in [0.2, 0.25) is 0 Å². The van der Waals surface area contributed by atoms with Gasteiger partial charge in [0.25, 0.3) is 0 Å². The Morgan fingerprint density at radius 1 is 1.23 bits per heavy atom. The molecule has 0 fully saturated rings. The number of hydrogen-bond acceptors (Lipinski definition) is 4. The van der Waals surface area contributed by atoms with Gasteiger partial charge in [-0.05, 0) is 56.0 Å². The first-order chi connectivity index (χ1) is 10.7. The molecule has 0 saturated heterocycles. The Hall–Kier alpha value is -1.88. The summed E-state index contributed by atoms with van der Waals surface area (Å²) >= 11 is 0. The lowest BCUT2D eigenvalue weighted by atomic mass is 9.99. The molecule has 1 aliphatic rings. The minimum Gasteiger partial charge on any atom is -0.481 e. The predicted octanol–water partition coefficient (Wildman–Crippen LogP) is 2.46. The molecule has 0 spiro atoms. The lowest BCUT2D eigenvalue weighted by molar-refractivity contribution is -0.137. The third kappa shape index (κ3) is 5.15. The van der Waals surface area contributed by atoms with E-state index in [2.05, 4.69) is 10.6 Å². The maximum Gasteiger partial charge on any atom is 0.303 e. The van der Waals surface area contributed by atoms with Crippen molar-refractivity contribution in [3.8, 4) is 0 Å². The average Bonchev–Trinajstić information content (AvgIpc) is 2.53. The largest absolute Gasteiger partial charge is 0.481 e. The van der Waals surface area contributed by atoms with Crippen LogP contribution in [0.4, 0.5) is 5.69 Å². The van der Waals surface area contributed by atoms with Gasteiger partial charge in [0.15, 0.2) is 5.78 Å². The maximum absolute atomic E-state index is 12.1. The second-order valence-corrected chi connectivity index (χ2v) is 5.71. The van der Waals surface area contributed by atoms with Gasteiger partial charge < -0.3 is 15.7 Å². The van der Waals surface area contributed by atoms with Crippen LogP contribution >= 0.6 is 0 Å². The molecule has 1 aliphatic heterocycles. The Labute approximate surface area is 131 Å². The topological polar surface area (TPSA) is 78.4 Å². The minimum atomic E-state index is -0.745. The van der Waals surface area contributed by atoms with E-state index in [0.29, 0.717) is 13.0 Å². The van der Waals surface area contributed by atoms with Crippen LogP contribution in [0.1, 0.15) is 48.0 Å². The van der Waals surface area contributed by atoms with Crippen molar-refractivity contribution >= 4 is 17.4 Å². The van der Waals surface area contributed by atoms with Gasteiger partial charge in [-0.2, -0.15) is 0 Å². The highest BCUT2D eigenvalue weighted by Crippen LogP contribution is 2.22. The quantitative estimate of drug-likeness (QED) is 0.482. The molecule has 5 nitrogen and oxygen atoms in total. The maximum atomic E-state index is 12.1. The lowest BCUT2D eigenvalue weighted by Gasteiger charge is -2.18. The van der Waals surface area contributed by atoms with Crippen molar-refractivity contribution in [3.05, 3.63) is 29.3 Å². The predicted molar refractivity (Wildman–Crippen MR) is 86.6 cm³/mol. The van der Waals surface area contributed by atoms with E-state index in [4.69, 9.17) is 5.11 Å². The summed E-state index contributed by atoms with van der Waals surface area (Å²) in [5.74, 6) is -0.635. The molecule has 0 aromatic heterocycles. The van der Waals surface area contributed by atoms with Crippen molar-refractivity contribution in [1.29, 1.82) is 0 Å². The summed E-state index contributed by atoms with van der Waals surface area (Å²) < 4.78 is 0. The zero-order valence-corrected chi connectivity index (χ0v) is 12.9. The van der Waals surface area contributed by atoms with E-state index in [1.54, 1.807) is 0 Å². The first kappa shape index (κ1) is 16.5. The standard InChI is InChI=1S/C17H24N2O3/c20-16(12-18-9-3-1-2-6-17(21)22)14-7-8-15-13(11-14)5-4-10-19-15/h7-8,11,18-19H,1-6,9-10,12H2,(H,21,22). The van der Waals surface area contributed by atoms with Crippen molar-refractivity contribution in [3.63, 3.8) is 0 Å². The Morgan fingerprint density at radius 3 is 2.91 bits per heavy atom. The van der Waals surface area contributed by atoms with Gasteiger partial charge in [0, 0.05) is 24.2 Å². The van der Waals surface area contributed by atoms with Crippen molar-refractivity contribution < 1.29 is 14.7 Å². The van der Waals surface area contributed by atoms with E-state index < -0.39 is 5.97 Å². The van der Waals surface area contributed by atoms with Gasteiger partial charge >= 0.3 is 5.97 Å². The molecule has 3 N–H and O–H groups in total. The molecule has 0 saturated carbocycles. The zero-order valence-electron chi connectivity index (χ0n) is 12.9. The molecular formula is C17H24N2O3. The summed E-state index contributed by atoms with van der Waals surface area (Å²) in [6.45, 7) is 2.09. The number of carbonyl (C=O) groups excluding carboxylic acids is 1. The van der Waals surface area contributed by atoms with Gasteiger partial charge in [-0.25, -0.2) is 0 Å². The van der Waals surface area contributed by atoms with E-state index in [9.17, 15) is 9.59 Å². The Balaban J connectivity index is 1.68. The molecule has 1 aromatic rings. The summed E-state index contributed by atoms with van der Waals surface area (Å²) in [6, 6.07) is 5.88. The monoisotopic (exact) mass is 304 g/mol. The molecule has 1 aromatic carbocycles. The highest BCUT2D eigenvalue weighted by Gasteiger charge is 2.12. The molecule has 0 unspecified atom stereocenters. The van der Waals surface area contributed by atoms with E-state index in [1.165, 1.54) is 5.56 Å². The summed E-state index contributed by atoms with van der Waals surface area (Å²) in [5, 5.41) is 15.0. The van der Waals surface area contributed by atoms with Gasteiger partial charge in [0.1, 0.15) is 0 Å². The molecule has 1 heterocycles. The first-order valence-corrected chi connectivity index (χ1v) is 7.99. The first-order valence-electron chi connectivity index (χ1n) is 7.99. The van der Waals surface area contributed by atoms with Crippen LogP contribution in [0.5, 0.6) is 0 Å². The number of rotatable bonds is 9. The Bertz CT molecular complexity index is 529. The van der Waals surface area contributed by atoms with Crippen LogP contribution in [-0.4, -0.2) is 36.5 Å². The summed E-state index contributed by atoms with van der Waals surface area (Å²) in [6.07, 6.45) is 4.83. The second-order valence-electron chi connectivity index (χ2n) is 5.71. The molecule has 22 heavy (non-hydrogen) atoms. The lowest BCUT2D eigenvalue weighted by Crippen LogP contribution is -2.24. The van der Waals surface area contributed by atoms with Crippen LogP contribution < -0.4 is 10.6 Å². The van der Waals surface area contributed by atoms with Crippen molar-refractivity contribution in [1.82, 2.24) is 5.32 Å². The van der Waals surface area contributed by atoms with Crippen molar-refractivity contribution in [2.75, 3.05) is 25.0 Å². The molecule has 0 atom stereocenters. The van der Waals surface area contributed by atoms with Crippen LogP contribution in [-0.2, 0) is 11.2 Å². The SMILES string of the molecule is O=C(O)CCCCCNCC(=O)c1ccc2c(c1)CCCN2. The fourth-order valence-corrected chi connectivity index (χ4v) is 2.66. The second kappa shape index (κ2) is 8.54. The number of aryl methyl sites for hydroxylation is 1. The van der Waals surface area contributed by atoms with Crippen molar-refractivity contribution in [2.24, 2.45) is 0 Å². The van der Waals surface area contributed by atoms with E-state index >= 15 is 0 Å². The molecule has 5 heteroatoms. The fourth-order valence-electron chi connectivity index (χ4n) is 2.66. The van der Waals surface area contributed by atoms with Gasteiger partial charge in [-0.1, -0.05) is 6.42 Å². The molecule has 120 valence electrons. The van der Waals surface area contributed by atoms with Crippen LogP contribution in [0.15, 0.2) is 18.2 Å². The summed E-state index contributed by atoms with van der Waals surface area (Å²) in [7, 11) is 0. The molecule has 0 radical (unpaired) electrons. The van der Waals surface area contributed by atoms with Crippen LogP contribution in [0.25, 0.3) is 0 Å². The number of fused-ring (bicyclic) bond motifs is 1. The molecule has 2 rings (SSSR count). The van der Waals surface area contributed by atoms with E-state index in [0.717, 1.165) is 50.0 Å². The number of benzene rings is 1. The third-order valence-corrected chi connectivity index (χ3v) is 3.90. The fraction of sp³-hybridized carbons (Fsp3) is 0.529. The number of hydrogen-bond donors (Lipinski definition) is 3. The smallest absolute Gasteiger partial charge is 0.303 e. The number of carboxylic acids is 1. The molecule has 0 bridgehead atoms. The highest BCUT2D eigenvalue weighted by molar-refractivity contribution is 5.98. The van der Waals surface area contributed by atoms with Crippen molar-refractivity contribution in [2.45, 2.75) is 38.5 Å². The molecular weight excluding hydrogens is 280 g/mol. The molecule has 0 aliphatic carbocycles.